The van der Waals surface area contributed by atoms with Crippen LogP contribution in [-0.4, -0.2) is 23.5 Å². The lowest BCUT2D eigenvalue weighted by Crippen LogP contribution is -2.34. The van der Waals surface area contributed by atoms with Gasteiger partial charge < -0.3 is 10.4 Å². The largest absolute Gasteiger partial charge is 0.481 e. The van der Waals surface area contributed by atoms with Crippen LogP contribution in [0.15, 0.2) is 41.8 Å². The summed E-state index contributed by atoms with van der Waals surface area (Å²) in [6, 6.07) is 11.6. The summed E-state index contributed by atoms with van der Waals surface area (Å²) in [6.45, 7) is 2.12. The van der Waals surface area contributed by atoms with Crippen LogP contribution < -0.4 is 5.32 Å². The Morgan fingerprint density at radius 3 is 2.73 bits per heavy atom. The van der Waals surface area contributed by atoms with Crippen molar-refractivity contribution in [2.45, 2.75) is 19.8 Å². The van der Waals surface area contributed by atoms with Gasteiger partial charge in [0, 0.05) is 11.4 Å². The standard InChI is InChI=1S/C17H19NO3S/c1-12-4-2-5-13(8-12)9-14(17(20)21)11-18-16(19)10-15-6-3-7-22-15/h2-8,14H,9-11H2,1H3,(H,18,19)(H,20,21). The molecule has 0 saturated heterocycles. The summed E-state index contributed by atoms with van der Waals surface area (Å²) < 4.78 is 0. The minimum atomic E-state index is -0.891. The minimum absolute atomic E-state index is 0.141. The Bertz CT molecular complexity index is 637. The molecule has 22 heavy (non-hydrogen) atoms. The second kappa shape index (κ2) is 7.75. The van der Waals surface area contributed by atoms with Gasteiger partial charge in [0.05, 0.1) is 12.3 Å². The van der Waals surface area contributed by atoms with Crippen molar-refractivity contribution < 1.29 is 14.7 Å². The molecule has 0 radical (unpaired) electrons. The molecule has 1 atom stereocenters. The molecule has 2 rings (SSSR count). The van der Waals surface area contributed by atoms with Crippen molar-refractivity contribution in [2.75, 3.05) is 6.54 Å². The first-order chi connectivity index (χ1) is 10.5. The highest BCUT2D eigenvalue weighted by Gasteiger charge is 2.19. The number of aliphatic carboxylic acids is 1. The number of nitrogens with one attached hydrogen (secondary N) is 1. The van der Waals surface area contributed by atoms with Crippen molar-refractivity contribution in [1.82, 2.24) is 5.32 Å². The lowest BCUT2D eigenvalue weighted by Gasteiger charge is -2.14. The van der Waals surface area contributed by atoms with Gasteiger partial charge in [0.1, 0.15) is 0 Å². The first kappa shape index (κ1) is 16.2. The second-order valence-corrected chi connectivity index (χ2v) is 6.32. The Hall–Kier alpha value is -2.14. The number of carbonyl (C=O) groups excluding carboxylic acids is 1. The van der Waals surface area contributed by atoms with Crippen LogP contribution in [0.1, 0.15) is 16.0 Å². The summed E-state index contributed by atoms with van der Waals surface area (Å²) in [7, 11) is 0. The topological polar surface area (TPSA) is 66.4 Å². The normalized spacial score (nSPS) is 11.9. The summed E-state index contributed by atoms with van der Waals surface area (Å²) in [5.74, 6) is -1.65. The van der Waals surface area contributed by atoms with Gasteiger partial charge in [0.25, 0.3) is 0 Å². The van der Waals surface area contributed by atoms with E-state index in [2.05, 4.69) is 5.32 Å². The van der Waals surface area contributed by atoms with Crippen molar-refractivity contribution in [3.63, 3.8) is 0 Å². The summed E-state index contributed by atoms with van der Waals surface area (Å²) >= 11 is 1.52. The van der Waals surface area contributed by atoms with Crippen LogP contribution in [0.5, 0.6) is 0 Å². The molecule has 0 aliphatic carbocycles. The maximum Gasteiger partial charge on any atom is 0.308 e. The first-order valence-electron chi connectivity index (χ1n) is 7.12. The molecular formula is C17H19NO3S. The lowest BCUT2D eigenvalue weighted by molar-refractivity contribution is -0.141. The van der Waals surface area contributed by atoms with Gasteiger partial charge in [0.2, 0.25) is 5.91 Å². The number of hydrogen-bond donors (Lipinski definition) is 2. The highest BCUT2D eigenvalue weighted by Crippen LogP contribution is 2.12. The number of aryl methyl sites for hydroxylation is 1. The van der Waals surface area contributed by atoms with Crippen molar-refractivity contribution in [3.05, 3.63) is 57.8 Å². The zero-order chi connectivity index (χ0) is 15.9. The number of rotatable bonds is 7. The van der Waals surface area contributed by atoms with E-state index in [1.807, 2.05) is 48.7 Å². The number of amides is 1. The smallest absolute Gasteiger partial charge is 0.308 e. The summed E-state index contributed by atoms with van der Waals surface area (Å²) in [4.78, 5) is 24.2. The quantitative estimate of drug-likeness (QED) is 0.825. The molecule has 5 heteroatoms. The average Bonchev–Trinajstić information content (AvgIpc) is 2.96. The molecule has 2 aromatic rings. The van der Waals surface area contributed by atoms with Gasteiger partial charge in [-0.2, -0.15) is 0 Å². The number of carboxylic acid groups (broad SMARTS) is 1. The van der Waals surface area contributed by atoms with Crippen molar-refractivity contribution in [1.29, 1.82) is 0 Å². The molecule has 2 N–H and O–H groups in total. The number of thiophene rings is 1. The van der Waals surface area contributed by atoms with E-state index < -0.39 is 11.9 Å². The van der Waals surface area contributed by atoms with E-state index in [-0.39, 0.29) is 12.5 Å². The molecule has 0 saturated carbocycles. The molecule has 116 valence electrons. The summed E-state index contributed by atoms with van der Waals surface area (Å²) in [5, 5.41) is 14.0. The average molecular weight is 317 g/mol. The predicted octanol–water partition coefficient (Wildman–Crippen LogP) is 2.66. The lowest BCUT2D eigenvalue weighted by atomic mass is 9.98. The fraction of sp³-hybridized carbons (Fsp3) is 0.294. The van der Waals surface area contributed by atoms with E-state index in [4.69, 9.17) is 0 Å². The minimum Gasteiger partial charge on any atom is -0.481 e. The number of benzene rings is 1. The molecule has 1 aromatic carbocycles. The Morgan fingerprint density at radius 1 is 1.27 bits per heavy atom. The summed E-state index contributed by atoms with van der Waals surface area (Å²) in [5.41, 5.74) is 2.07. The molecule has 1 aromatic heterocycles. The van der Waals surface area contributed by atoms with Crippen LogP contribution >= 0.6 is 11.3 Å². The molecule has 0 spiro atoms. The molecular weight excluding hydrogens is 298 g/mol. The van der Waals surface area contributed by atoms with Gasteiger partial charge in [-0.25, -0.2) is 0 Å². The zero-order valence-corrected chi connectivity index (χ0v) is 13.2. The Morgan fingerprint density at radius 2 is 2.09 bits per heavy atom. The van der Waals surface area contributed by atoms with E-state index >= 15 is 0 Å². The van der Waals surface area contributed by atoms with Gasteiger partial charge in [-0.3, -0.25) is 9.59 Å². The zero-order valence-electron chi connectivity index (χ0n) is 12.4. The van der Waals surface area contributed by atoms with E-state index in [1.165, 1.54) is 11.3 Å². The van der Waals surface area contributed by atoms with Gasteiger partial charge >= 0.3 is 5.97 Å². The molecule has 4 nitrogen and oxygen atoms in total. The first-order valence-corrected chi connectivity index (χ1v) is 8.00. The number of carboxylic acids is 1. The molecule has 1 heterocycles. The third-order valence-electron chi connectivity index (χ3n) is 3.37. The van der Waals surface area contributed by atoms with E-state index in [9.17, 15) is 14.7 Å². The van der Waals surface area contributed by atoms with Crippen LogP contribution in [-0.2, 0) is 22.4 Å². The van der Waals surface area contributed by atoms with E-state index in [1.54, 1.807) is 0 Å². The monoisotopic (exact) mass is 317 g/mol. The third kappa shape index (κ3) is 5.00. The van der Waals surface area contributed by atoms with E-state index in [0.29, 0.717) is 12.8 Å². The molecule has 0 bridgehead atoms. The van der Waals surface area contributed by atoms with Crippen molar-refractivity contribution in [3.8, 4) is 0 Å². The van der Waals surface area contributed by atoms with Crippen molar-refractivity contribution >= 4 is 23.2 Å². The fourth-order valence-corrected chi connectivity index (χ4v) is 2.94. The van der Waals surface area contributed by atoms with E-state index in [0.717, 1.165) is 16.0 Å². The van der Waals surface area contributed by atoms with Crippen LogP contribution in [0.3, 0.4) is 0 Å². The third-order valence-corrected chi connectivity index (χ3v) is 4.25. The van der Waals surface area contributed by atoms with Crippen molar-refractivity contribution in [2.24, 2.45) is 5.92 Å². The molecule has 1 amide bonds. The summed E-state index contributed by atoms with van der Waals surface area (Å²) in [6.07, 6.45) is 0.713. The number of hydrogen-bond acceptors (Lipinski definition) is 3. The van der Waals surface area contributed by atoms with Crippen LogP contribution in [0, 0.1) is 12.8 Å². The molecule has 0 aliphatic rings. The maximum absolute atomic E-state index is 11.8. The predicted molar refractivity (Wildman–Crippen MR) is 87.0 cm³/mol. The fourth-order valence-electron chi connectivity index (χ4n) is 2.24. The Balaban J connectivity index is 1.89. The van der Waals surface area contributed by atoms with Gasteiger partial charge in [-0.1, -0.05) is 35.9 Å². The number of carbonyl (C=O) groups is 2. The van der Waals surface area contributed by atoms with Crippen LogP contribution in [0.2, 0.25) is 0 Å². The SMILES string of the molecule is Cc1cccc(CC(CNC(=O)Cc2cccs2)C(=O)O)c1. The van der Waals surface area contributed by atoms with Crippen LogP contribution in [0.4, 0.5) is 0 Å². The highest BCUT2D eigenvalue weighted by atomic mass is 32.1. The maximum atomic E-state index is 11.8. The molecule has 0 aliphatic heterocycles. The molecule has 1 unspecified atom stereocenters. The van der Waals surface area contributed by atoms with Gasteiger partial charge in [0.15, 0.2) is 0 Å². The Kier molecular flexibility index (Phi) is 5.72. The van der Waals surface area contributed by atoms with Gasteiger partial charge in [-0.15, -0.1) is 11.3 Å². The second-order valence-electron chi connectivity index (χ2n) is 5.29. The van der Waals surface area contributed by atoms with Gasteiger partial charge in [-0.05, 0) is 30.4 Å². The van der Waals surface area contributed by atoms with Crippen LogP contribution in [0.25, 0.3) is 0 Å². The molecule has 0 fully saturated rings. The Labute approximate surface area is 133 Å². The highest BCUT2D eigenvalue weighted by molar-refractivity contribution is 7.10.